The molecule has 2 nitrogen and oxygen atoms in total. The summed E-state index contributed by atoms with van der Waals surface area (Å²) < 4.78 is 13.0. The summed E-state index contributed by atoms with van der Waals surface area (Å²) in [7, 11) is 0. The van der Waals surface area contributed by atoms with Gasteiger partial charge in [0.15, 0.2) is 0 Å². The van der Waals surface area contributed by atoms with Gasteiger partial charge in [0.25, 0.3) is 0 Å². The second-order valence-electron chi connectivity index (χ2n) is 3.45. The van der Waals surface area contributed by atoms with Crippen molar-refractivity contribution in [3.8, 4) is 0 Å². The third-order valence-corrected chi connectivity index (χ3v) is 2.52. The fourth-order valence-electron chi connectivity index (χ4n) is 1.64. The van der Waals surface area contributed by atoms with E-state index in [-0.39, 0.29) is 11.9 Å². The molecule has 0 aliphatic heterocycles. The summed E-state index contributed by atoms with van der Waals surface area (Å²) in [6.07, 6.45) is 2.71. The Labute approximate surface area is 81.9 Å². The van der Waals surface area contributed by atoms with Crippen molar-refractivity contribution in [2.24, 2.45) is 5.73 Å². The molecule has 0 aliphatic rings. The molecule has 0 bridgehead atoms. The van der Waals surface area contributed by atoms with Crippen LogP contribution < -0.4 is 5.73 Å². The molecular weight excluding hydrogens is 179 g/mol. The first kappa shape index (κ1) is 9.21. The van der Waals surface area contributed by atoms with Crippen molar-refractivity contribution in [2.45, 2.75) is 19.4 Å². The van der Waals surface area contributed by atoms with Crippen LogP contribution in [0.15, 0.2) is 24.4 Å². The van der Waals surface area contributed by atoms with E-state index in [0.717, 1.165) is 22.9 Å². The summed E-state index contributed by atoms with van der Waals surface area (Å²) in [6, 6.07) is 4.68. The number of aromatic nitrogens is 1. The normalized spacial score (nSPS) is 13.4. The van der Waals surface area contributed by atoms with E-state index in [0.29, 0.717) is 0 Å². The summed E-state index contributed by atoms with van der Waals surface area (Å²) in [5.41, 5.74) is 7.84. The minimum atomic E-state index is -0.221. The standard InChI is InChI=1S/C11H13FN2/c1-2-10(13)9-6-14-11-4-3-7(12)5-8(9)11/h3-6,10,14H,2,13H2,1H3/t10-/m1/s1. The third-order valence-electron chi connectivity index (χ3n) is 2.52. The summed E-state index contributed by atoms with van der Waals surface area (Å²) in [5, 5.41) is 0.888. The number of H-pyrrole nitrogens is 1. The van der Waals surface area contributed by atoms with Gasteiger partial charge >= 0.3 is 0 Å². The molecule has 74 valence electrons. The maximum atomic E-state index is 13.0. The van der Waals surface area contributed by atoms with E-state index < -0.39 is 0 Å². The number of hydrogen-bond acceptors (Lipinski definition) is 1. The van der Waals surface area contributed by atoms with Gasteiger partial charge in [0.2, 0.25) is 0 Å². The lowest BCUT2D eigenvalue weighted by Gasteiger charge is -2.06. The minimum Gasteiger partial charge on any atom is -0.361 e. The number of hydrogen-bond donors (Lipinski definition) is 2. The van der Waals surface area contributed by atoms with Gasteiger partial charge in [0.1, 0.15) is 5.82 Å². The summed E-state index contributed by atoms with van der Waals surface area (Å²) >= 11 is 0. The first-order valence-electron chi connectivity index (χ1n) is 4.74. The zero-order chi connectivity index (χ0) is 10.1. The van der Waals surface area contributed by atoms with E-state index >= 15 is 0 Å². The van der Waals surface area contributed by atoms with Crippen molar-refractivity contribution in [2.75, 3.05) is 0 Å². The largest absolute Gasteiger partial charge is 0.361 e. The number of halogens is 1. The molecule has 1 aromatic heterocycles. The number of rotatable bonds is 2. The first-order chi connectivity index (χ1) is 6.72. The smallest absolute Gasteiger partial charge is 0.123 e. The highest BCUT2D eigenvalue weighted by Gasteiger charge is 2.09. The molecule has 0 radical (unpaired) electrons. The molecule has 0 amide bonds. The predicted octanol–water partition coefficient (Wildman–Crippen LogP) is 2.72. The Morgan fingerprint density at radius 1 is 1.50 bits per heavy atom. The van der Waals surface area contributed by atoms with Crippen molar-refractivity contribution < 1.29 is 4.39 Å². The van der Waals surface area contributed by atoms with E-state index in [4.69, 9.17) is 5.73 Å². The highest BCUT2D eigenvalue weighted by Crippen LogP contribution is 2.24. The number of nitrogens with one attached hydrogen (secondary N) is 1. The van der Waals surface area contributed by atoms with Crippen LogP contribution >= 0.6 is 0 Å². The molecule has 3 N–H and O–H groups in total. The zero-order valence-corrected chi connectivity index (χ0v) is 8.05. The van der Waals surface area contributed by atoms with Gasteiger partial charge in [0, 0.05) is 23.1 Å². The van der Waals surface area contributed by atoms with Crippen LogP contribution in [0.25, 0.3) is 10.9 Å². The Balaban J connectivity index is 2.61. The van der Waals surface area contributed by atoms with Crippen molar-refractivity contribution in [1.29, 1.82) is 0 Å². The van der Waals surface area contributed by atoms with Crippen LogP contribution in [0.3, 0.4) is 0 Å². The molecule has 0 saturated carbocycles. The third kappa shape index (κ3) is 1.40. The maximum Gasteiger partial charge on any atom is 0.123 e. The van der Waals surface area contributed by atoms with Crippen molar-refractivity contribution in [3.63, 3.8) is 0 Å². The van der Waals surface area contributed by atoms with Gasteiger partial charge in [-0.15, -0.1) is 0 Å². The topological polar surface area (TPSA) is 41.8 Å². The van der Waals surface area contributed by atoms with E-state index in [9.17, 15) is 4.39 Å². The Bertz CT molecular complexity index is 447. The lowest BCUT2D eigenvalue weighted by molar-refractivity contribution is 0.629. The Kier molecular flexibility index (Phi) is 2.25. The van der Waals surface area contributed by atoms with Gasteiger partial charge < -0.3 is 10.7 Å². The summed E-state index contributed by atoms with van der Waals surface area (Å²) in [6.45, 7) is 2.02. The van der Waals surface area contributed by atoms with E-state index in [1.165, 1.54) is 12.1 Å². The molecule has 0 unspecified atom stereocenters. The highest BCUT2D eigenvalue weighted by molar-refractivity contribution is 5.83. The molecule has 0 aliphatic carbocycles. The average molecular weight is 192 g/mol. The molecule has 1 atom stereocenters. The lowest BCUT2D eigenvalue weighted by atomic mass is 10.0. The fraction of sp³-hybridized carbons (Fsp3) is 0.273. The molecule has 1 aromatic carbocycles. The summed E-state index contributed by atoms with van der Waals surface area (Å²) in [5.74, 6) is -0.221. The summed E-state index contributed by atoms with van der Waals surface area (Å²) in [4.78, 5) is 3.08. The minimum absolute atomic E-state index is 0.0226. The van der Waals surface area contributed by atoms with Gasteiger partial charge in [-0.25, -0.2) is 4.39 Å². The molecule has 0 spiro atoms. The van der Waals surface area contributed by atoms with Crippen LogP contribution in [0.1, 0.15) is 24.9 Å². The van der Waals surface area contributed by atoms with Crippen LogP contribution in [-0.4, -0.2) is 4.98 Å². The van der Waals surface area contributed by atoms with Gasteiger partial charge in [-0.3, -0.25) is 0 Å². The maximum absolute atomic E-state index is 13.0. The van der Waals surface area contributed by atoms with Gasteiger partial charge in [-0.05, 0) is 30.2 Å². The van der Waals surface area contributed by atoms with Crippen molar-refractivity contribution in [1.82, 2.24) is 4.98 Å². The molecule has 0 saturated heterocycles. The van der Waals surface area contributed by atoms with Gasteiger partial charge in [0.05, 0.1) is 0 Å². The van der Waals surface area contributed by atoms with E-state index in [1.807, 2.05) is 13.1 Å². The monoisotopic (exact) mass is 192 g/mol. The highest BCUT2D eigenvalue weighted by atomic mass is 19.1. The molecule has 2 aromatic rings. The predicted molar refractivity (Wildman–Crippen MR) is 55.5 cm³/mol. The lowest BCUT2D eigenvalue weighted by Crippen LogP contribution is -2.07. The molecule has 14 heavy (non-hydrogen) atoms. The van der Waals surface area contributed by atoms with E-state index in [1.54, 1.807) is 6.07 Å². The van der Waals surface area contributed by atoms with Crippen LogP contribution in [-0.2, 0) is 0 Å². The average Bonchev–Trinajstić information content (AvgIpc) is 2.59. The molecule has 1 heterocycles. The fourth-order valence-corrected chi connectivity index (χ4v) is 1.64. The van der Waals surface area contributed by atoms with Crippen LogP contribution in [0.5, 0.6) is 0 Å². The molecular formula is C11H13FN2. The second kappa shape index (κ2) is 3.42. The Hall–Kier alpha value is -1.35. The number of benzene rings is 1. The Morgan fingerprint density at radius 3 is 3.00 bits per heavy atom. The SMILES string of the molecule is CC[C@@H](N)c1c[nH]c2ccc(F)cc12. The van der Waals surface area contributed by atoms with Crippen LogP contribution in [0.4, 0.5) is 4.39 Å². The van der Waals surface area contributed by atoms with Crippen molar-refractivity contribution >= 4 is 10.9 Å². The first-order valence-corrected chi connectivity index (χ1v) is 4.74. The molecule has 0 fully saturated rings. The van der Waals surface area contributed by atoms with E-state index in [2.05, 4.69) is 4.98 Å². The van der Waals surface area contributed by atoms with Crippen molar-refractivity contribution in [3.05, 3.63) is 35.8 Å². The second-order valence-corrected chi connectivity index (χ2v) is 3.45. The van der Waals surface area contributed by atoms with Gasteiger partial charge in [-0.1, -0.05) is 6.92 Å². The quantitative estimate of drug-likeness (QED) is 0.754. The number of aromatic amines is 1. The van der Waals surface area contributed by atoms with Crippen LogP contribution in [0.2, 0.25) is 0 Å². The molecule has 3 heteroatoms. The van der Waals surface area contributed by atoms with Crippen LogP contribution in [0, 0.1) is 5.82 Å². The molecule has 2 rings (SSSR count). The van der Waals surface area contributed by atoms with Gasteiger partial charge in [-0.2, -0.15) is 0 Å². The zero-order valence-electron chi connectivity index (χ0n) is 8.05. The Morgan fingerprint density at radius 2 is 2.29 bits per heavy atom. The number of nitrogens with two attached hydrogens (primary N) is 1. The number of fused-ring (bicyclic) bond motifs is 1.